The van der Waals surface area contributed by atoms with Gasteiger partial charge in [-0.25, -0.2) is 17.6 Å². The molecule has 0 aliphatic carbocycles. The Balaban J connectivity index is 1.58. The van der Waals surface area contributed by atoms with E-state index in [1.54, 1.807) is 6.07 Å². The first kappa shape index (κ1) is 16.7. The van der Waals surface area contributed by atoms with Gasteiger partial charge in [0.2, 0.25) is 0 Å². The van der Waals surface area contributed by atoms with E-state index >= 15 is 0 Å². The minimum absolute atomic E-state index is 0.0167. The van der Waals surface area contributed by atoms with Gasteiger partial charge in [-0.15, -0.1) is 0 Å². The molecule has 5 nitrogen and oxygen atoms in total. The van der Waals surface area contributed by atoms with Crippen LogP contribution in [0, 0.1) is 11.7 Å². The van der Waals surface area contributed by atoms with Crippen molar-refractivity contribution in [1.29, 1.82) is 0 Å². The van der Waals surface area contributed by atoms with E-state index in [4.69, 9.17) is 0 Å². The third-order valence-electron chi connectivity index (χ3n) is 3.69. The summed E-state index contributed by atoms with van der Waals surface area (Å²) in [5, 5.41) is 5.41. The zero-order chi connectivity index (χ0) is 16.0. The van der Waals surface area contributed by atoms with Crippen molar-refractivity contribution in [2.24, 2.45) is 5.92 Å². The number of amides is 2. The first-order chi connectivity index (χ1) is 10.4. The van der Waals surface area contributed by atoms with Gasteiger partial charge in [-0.1, -0.05) is 12.1 Å². The number of carbonyl (C=O) groups excluding carboxylic acids is 1. The lowest BCUT2D eigenvalue weighted by molar-refractivity contribution is 0.239. The summed E-state index contributed by atoms with van der Waals surface area (Å²) in [6, 6.07) is 6.12. The van der Waals surface area contributed by atoms with Gasteiger partial charge in [0.1, 0.15) is 5.82 Å². The topological polar surface area (TPSA) is 75.3 Å². The lowest BCUT2D eigenvalue weighted by Crippen LogP contribution is -2.39. The number of carbonyl (C=O) groups is 1. The van der Waals surface area contributed by atoms with E-state index in [-0.39, 0.29) is 29.3 Å². The maximum absolute atomic E-state index is 13.0. The summed E-state index contributed by atoms with van der Waals surface area (Å²) in [5.41, 5.74) is 0.901. The van der Waals surface area contributed by atoms with Crippen LogP contribution >= 0.6 is 0 Å². The van der Waals surface area contributed by atoms with Gasteiger partial charge < -0.3 is 10.6 Å². The Morgan fingerprint density at radius 1 is 1.32 bits per heavy atom. The third-order valence-corrected chi connectivity index (χ3v) is 5.53. The Labute approximate surface area is 130 Å². The van der Waals surface area contributed by atoms with Gasteiger partial charge in [-0.2, -0.15) is 0 Å². The van der Waals surface area contributed by atoms with Crippen molar-refractivity contribution in [3.8, 4) is 0 Å². The standard InChI is InChI=1S/C15H21FN2O3S/c16-14-5-1-3-12(9-14)4-2-7-17-15(19)18-10-13-6-8-22(20,21)11-13/h1,3,5,9,13H,2,4,6-8,10-11H2,(H2,17,18,19)/t13-/m1/s1. The van der Waals surface area contributed by atoms with Crippen molar-refractivity contribution < 1.29 is 17.6 Å². The van der Waals surface area contributed by atoms with E-state index in [2.05, 4.69) is 10.6 Å². The number of rotatable bonds is 6. The second kappa shape index (κ2) is 7.58. The molecule has 22 heavy (non-hydrogen) atoms. The monoisotopic (exact) mass is 328 g/mol. The molecule has 1 heterocycles. The molecule has 0 unspecified atom stereocenters. The summed E-state index contributed by atoms with van der Waals surface area (Å²) in [6.45, 7) is 0.875. The molecular weight excluding hydrogens is 307 g/mol. The minimum Gasteiger partial charge on any atom is -0.338 e. The molecule has 1 fully saturated rings. The quantitative estimate of drug-likeness (QED) is 0.777. The van der Waals surface area contributed by atoms with Crippen molar-refractivity contribution in [3.63, 3.8) is 0 Å². The second-order valence-corrected chi connectivity index (χ2v) is 7.87. The number of halogens is 1. The summed E-state index contributed by atoms with van der Waals surface area (Å²) in [7, 11) is -2.90. The molecule has 1 aliphatic rings. The Kier molecular flexibility index (Phi) is 5.76. The van der Waals surface area contributed by atoms with E-state index in [9.17, 15) is 17.6 Å². The van der Waals surface area contributed by atoms with Crippen molar-refractivity contribution in [2.75, 3.05) is 24.6 Å². The fourth-order valence-electron chi connectivity index (χ4n) is 2.52. The maximum Gasteiger partial charge on any atom is 0.314 e. The van der Waals surface area contributed by atoms with Gasteiger partial charge >= 0.3 is 6.03 Å². The predicted molar refractivity (Wildman–Crippen MR) is 82.9 cm³/mol. The molecule has 1 saturated heterocycles. The van der Waals surface area contributed by atoms with E-state index in [1.807, 2.05) is 6.07 Å². The van der Waals surface area contributed by atoms with Crippen LogP contribution in [0.1, 0.15) is 18.4 Å². The summed E-state index contributed by atoms with van der Waals surface area (Å²) in [5.74, 6) is 0.138. The number of benzene rings is 1. The van der Waals surface area contributed by atoms with Crippen LogP contribution in [0.5, 0.6) is 0 Å². The molecule has 2 N–H and O–H groups in total. The van der Waals surface area contributed by atoms with E-state index in [0.29, 0.717) is 32.4 Å². The van der Waals surface area contributed by atoms with E-state index < -0.39 is 9.84 Å². The average Bonchev–Trinajstić information content (AvgIpc) is 2.81. The summed E-state index contributed by atoms with van der Waals surface area (Å²) >= 11 is 0. The Morgan fingerprint density at radius 3 is 2.82 bits per heavy atom. The molecule has 0 aromatic heterocycles. The largest absolute Gasteiger partial charge is 0.338 e. The number of nitrogens with one attached hydrogen (secondary N) is 2. The Morgan fingerprint density at radius 2 is 2.14 bits per heavy atom. The third kappa shape index (κ3) is 5.63. The number of hydrogen-bond donors (Lipinski definition) is 2. The molecule has 0 radical (unpaired) electrons. The van der Waals surface area contributed by atoms with Gasteiger partial charge in [0.15, 0.2) is 9.84 Å². The summed E-state index contributed by atoms with van der Waals surface area (Å²) in [4.78, 5) is 11.6. The lowest BCUT2D eigenvalue weighted by atomic mass is 10.1. The number of sulfone groups is 1. The van der Waals surface area contributed by atoms with Gasteiger partial charge in [0, 0.05) is 13.1 Å². The Bertz CT molecular complexity index is 619. The van der Waals surface area contributed by atoms with Crippen LogP contribution in [0.3, 0.4) is 0 Å². The first-order valence-electron chi connectivity index (χ1n) is 7.41. The van der Waals surface area contributed by atoms with Crippen LogP contribution in [-0.2, 0) is 16.3 Å². The smallest absolute Gasteiger partial charge is 0.314 e. The van der Waals surface area contributed by atoms with Crippen LogP contribution in [0.25, 0.3) is 0 Å². The zero-order valence-corrected chi connectivity index (χ0v) is 13.2. The fraction of sp³-hybridized carbons (Fsp3) is 0.533. The lowest BCUT2D eigenvalue weighted by Gasteiger charge is -2.11. The number of aryl methyl sites for hydroxylation is 1. The van der Waals surface area contributed by atoms with Crippen LogP contribution < -0.4 is 10.6 Å². The number of hydrogen-bond acceptors (Lipinski definition) is 3. The molecule has 7 heteroatoms. The summed E-state index contributed by atoms with van der Waals surface area (Å²) < 4.78 is 35.6. The molecule has 1 atom stereocenters. The van der Waals surface area contributed by atoms with Crippen LogP contribution in [0.15, 0.2) is 24.3 Å². The highest BCUT2D eigenvalue weighted by Crippen LogP contribution is 2.17. The zero-order valence-electron chi connectivity index (χ0n) is 12.3. The van der Waals surface area contributed by atoms with Gasteiger partial charge in [-0.3, -0.25) is 0 Å². The second-order valence-electron chi connectivity index (χ2n) is 5.64. The summed E-state index contributed by atoms with van der Waals surface area (Å²) in [6.07, 6.45) is 2.02. The number of urea groups is 1. The minimum atomic E-state index is -2.90. The predicted octanol–water partition coefficient (Wildman–Crippen LogP) is 1.49. The molecule has 2 amide bonds. The molecule has 1 aromatic rings. The van der Waals surface area contributed by atoms with E-state index in [1.165, 1.54) is 12.1 Å². The van der Waals surface area contributed by atoms with Crippen molar-refractivity contribution in [1.82, 2.24) is 10.6 Å². The van der Waals surface area contributed by atoms with Crippen LogP contribution in [0.2, 0.25) is 0 Å². The SMILES string of the molecule is O=C(NCCCc1cccc(F)c1)NC[C@H]1CCS(=O)(=O)C1. The maximum atomic E-state index is 13.0. The van der Waals surface area contributed by atoms with Gasteiger partial charge in [0.05, 0.1) is 11.5 Å². The highest BCUT2D eigenvalue weighted by Gasteiger charge is 2.27. The van der Waals surface area contributed by atoms with E-state index in [0.717, 1.165) is 5.56 Å². The highest BCUT2D eigenvalue weighted by molar-refractivity contribution is 7.91. The van der Waals surface area contributed by atoms with Crippen molar-refractivity contribution in [2.45, 2.75) is 19.3 Å². The average molecular weight is 328 g/mol. The molecule has 1 aromatic carbocycles. The normalized spacial score (nSPS) is 19.8. The molecule has 0 saturated carbocycles. The first-order valence-corrected chi connectivity index (χ1v) is 9.23. The van der Waals surface area contributed by atoms with Gasteiger partial charge in [0.25, 0.3) is 0 Å². The molecular formula is C15H21FN2O3S. The van der Waals surface area contributed by atoms with Gasteiger partial charge in [-0.05, 0) is 42.9 Å². The molecule has 2 rings (SSSR count). The highest BCUT2D eigenvalue weighted by atomic mass is 32.2. The van der Waals surface area contributed by atoms with Crippen LogP contribution in [0.4, 0.5) is 9.18 Å². The molecule has 0 bridgehead atoms. The fourth-order valence-corrected chi connectivity index (χ4v) is 4.38. The molecule has 122 valence electrons. The Hall–Kier alpha value is -1.63. The van der Waals surface area contributed by atoms with Crippen molar-refractivity contribution >= 4 is 15.9 Å². The van der Waals surface area contributed by atoms with Crippen molar-refractivity contribution in [3.05, 3.63) is 35.6 Å². The molecule has 1 aliphatic heterocycles. The van der Waals surface area contributed by atoms with Crippen LogP contribution in [-0.4, -0.2) is 39.0 Å². The molecule has 0 spiro atoms.